The number of furan rings is 1. The average molecular weight is 1400 g/mol. The monoisotopic (exact) mass is 1390 g/mol. The third-order valence-corrected chi connectivity index (χ3v) is 17.8. The van der Waals surface area contributed by atoms with E-state index < -0.39 is 17.9 Å². The summed E-state index contributed by atoms with van der Waals surface area (Å²) in [6, 6.07) is 35.7. The molecule has 19 rings (SSSR count). The van der Waals surface area contributed by atoms with Crippen molar-refractivity contribution in [3.05, 3.63) is 175 Å². The second-order valence-corrected chi connectivity index (χ2v) is 25.0. The molecule has 3 fully saturated rings. The summed E-state index contributed by atoms with van der Waals surface area (Å²) in [6.45, 7) is 3.69. The van der Waals surface area contributed by atoms with Crippen LogP contribution in [0.2, 0.25) is 0 Å². The van der Waals surface area contributed by atoms with Gasteiger partial charge >= 0.3 is 6.18 Å². The molecule has 12 aromatic heterocycles. The van der Waals surface area contributed by atoms with Gasteiger partial charge in [-0.25, -0.2) is 9.37 Å². The van der Waals surface area contributed by atoms with Gasteiger partial charge in [0.15, 0.2) is 56.9 Å². The van der Waals surface area contributed by atoms with Crippen LogP contribution in [-0.2, 0) is 6.18 Å². The average Bonchev–Trinajstić information content (AvgIpc) is 1.66. The molecular formula is C70H58F4N22O7. The molecule has 1 aliphatic heterocycles. The topological polar surface area (TPSA) is 384 Å². The van der Waals surface area contributed by atoms with Gasteiger partial charge in [-0.1, -0.05) is 22.4 Å². The number of alkyl halides is 4. The SMILES string of the molecule is C[C@@H]1CCN(C(=O)c2noc3cc(Nc4n[nH]c5cccnc45)ccc23)C1.FC(F)(F)c1coc2cc(Nc3[nH]nc4ncccc34)ccc12.O=C(NC1CC(F)C1)c1noc2cc(Nc3n[nH]c4cccnc34)ccc12.O=C(NC1CCC1)c1noc2cc(Nc3n[nH]c4cccnc34)ccc12. The van der Waals surface area contributed by atoms with E-state index in [4.69, 9.17) is 18.0 Å². The first-order chi connectivity index (χ1) is 50.2. The van der Waals surface area contributed by atoms with Crippen LogP contribution in [0.3, 0.4) is 0 Å². The van der Waals surface area contributed by atoms with Gasteiger partial charge in [0, 0.05) is 102 Å². The number of amides is 3. The molecule has 103 heavy (non-hydrogen) atoms. The van der Waals surface area contributed by atoms with E-state index >= 15 is 0 Å². The number of pyridine rings is 4. The second-order valence-electron chi connectivity index (χ2n) is 25.0. The molecule has 518 valence electrons. The minimum Gasteiger partial charge on any atom is -0.464 e. The lowest BCUT2D eigenvalue weighted by Gasteiger charge is -2.29. The van der Waals surface area contributed by atoms with Crippen molar-refractivity contribution in [3.63, 3.8) is 0 Å². The molecular weight excluding hydrogens is 1340 g/mol. The Morgan fingerprint density at radius 1 is 0.515 bits per heavy atom. The van der Waals surface area contributed by atoms with Crippen LogP contribution in [0.25, 0.3) is 88.0 Å². The van der Waals surface area contributed by atoms with Gasteiger partial charge in [-0.15, -0.1) is 0 Å². The van der Waals surface area contributed by atoms with Crippen LogP contribution >= 0.6 is 0 Å². The van der Waals surface area contributed by atoms with E-state index in [9.17, 15) is 31.9 Å². The van der Waals surface area contributed by atoms with Crippen molar-refractivity contribution in [2.75, 3.05) is 34.4 Å². The summed E-state index contributed by atoms with van der Waals surface area (Å²) in [7, 11) is 0. The maximum absolute atomic E-state index is 12.9. The fourth-order valence-electron chi connectivity index (χ4n) is 12.2. The predicted molar refractivity (Wildman–Crippen MR) is 372 cm³/mol. The third kappa shape index (κ3) is 13.3. The number of benzene rings is 4. The van der Waals surface area contributed by atoms with Crippen LogP contribution in [0.4, 0.5) is 63.6 Å². The molecule has 2 aliphatic carbocycles. The van der Waals surface area contributed by atoms with E-state index in [0.717, 1.165) is 106 Å². The van der Waals surface area contributed by atoms with E-state index in [1.807, 2.05) is 77.7 Å². The van der Waals surface area contributed by atoms with Gasteiger partial charge in [-0.2, -0.15) is 33.6 Å². The molecule has 29 nitrogen and oxygen atoms in total. The molecule has 3 amide bonds. The smallest absolute Gasteiger partial charge is 0.420 e. The number of aromatic nitrogens is 15. The number of carbonyl (C=O) groups is 3. The normalized spacial score (nSPS) is 15.9. The Morgan fingerprint density at radius 2 is 0.981 bits per heavy atom. The van der Waals surface area contributed by atoms with Crippen molar-refractivity contribution in [2.45, 2.75) is 69.9 Å². The second kappa shape index (κ2) is 27.1. The molecule has 1 saturated heterocycles. The maximum Gasteiger partial charge on any atom is 0.420 e. The quantitative estimate of drug-likeness (QED) is 0.0479. The first-order valence-corrected chi connectivity index (χ1v) is 32.7. The number of rotatable bonds is 13. The van der Waals surface area contributed by atoms with Crippen molar-refractivity contribution >= 4 is 152 Å². The summed E-state index contributed by atoms with van der Waals surface area (Å²) in [6.07, 6.45) is 7.17. The van der Waals surface area contributed by atoms with Gasteiger partial charge in [0.1, 0.15) is 45.9 Å². The Morgan fingerprint density at radius 3 is 1.47 bits per heavy atom. The van der Waals surface area contributed by atoms with Gasteiger partial charge in [0.25, 0.3) is 17.7 Å². The van der Waals surface area contributed by atoms with Crippen LogP contribution in [-0.4, -0.2) is 130 Å². The molecule has 0 radical (unpaired) electrons. The van der Waals surface area contributed by atoms with Crippen LogP contribution in [0, 0.1) is 5.92 Å². The zero-order chi connectivity index (χ0) is 70.3. The molecule has 10 N–H and O–H groups in total. The number of hydrogen-bond acceptors (Lipinski definition) is 22. The van der Waals surface area contributed by atoms with Crippen molar-refractivity contribution in [2.24, 2.45) is 5.92 Å². The largest absolute Gasteiger partial charge is 0.464 e. The number of H-pyrrole nitrogens is 4. The molecule has 13 heterocycles. The van der Waals surface area contributed by atoms with Gasteiger partial charge in [-0.05, 0) is 142 Å². The summed E-state index contributed by atoms with van der Waals surface area (Å²) in [5, 5.41) is 61.4. The summed E-state index contributed by atoms with van der Waals surface area (Å²) in [5.74, 6) is 2.38. The number of hydrogen-bond donors (Lipinski definition) is 10. The number of aromatic amines is 4. The lowest BCUT2D eigenvalue weighted by Crippen LogP contribution is -2.45. The van der Waals surface area contributed by atoms with Crippen LogP contribution < -0.4 is 31.9 Å². The van der Waals surface area contributed by atoms with Crippen molar-refractivity contribution in [3.8, 4) is 0 Å². The lowest BCUT2D eigenvalue weighted by molar-refractivity contribution is -0.136. The fraction of sp³-hybridized carbons (Fsp3) is 0.200. The van der Waals surface area contributed by atoms with Gasteiger partial charge < -0.3 is 54.8 Å². The van der Waals surface area contributed by atoms with E-state index in [0.29, 0.717) is 92.3 Å². The molecule has 0 unspecified atom stereocenters. The van der Waals surface area contributed by atoms with Crippen LogP contribution in [0.15, 0.2) is 170 Å². The van der Waals surface area contributed by atoms with Gasteiger partial charge in [-0.3, -0.25) is 49.7 Å². The summed E-state index contributed by atoms with van der Waals surface area (Å²) >= 11 is 0. The van der Waals surface area contributed by atoms with Crippen LogP contribution in [0.1, 0.15) is 82.5 Å². The Hall–Kier alpha value is -13.4. The number of halogens is 4. The lowest BCUT2D eigenvalue weighted by atomic mass is 9.90. The highest BCUT2D eigenvalue weighted by Crippen LogP contribution is 2.38. The maximum atomic E-state index is 12.9. The molecule has 4 aromatic carbocycles. The molecule has 33 heteroatoms. The minimum absolute atomic E-state index is 0.0270. The Balaban J connectivity index is 0.000000106. The Bertz CT molecular complexity index is 5830. The third-order valence-electron chi connectivity index (χ3n) is 17.8. The first-order valence-electron chi connectivity index (χ1n) is 32.7. The standard InChI is InChI=1S/C19H18N6O2.C18H15FN6O2.C18H16N6O2.C15H9F3N4O/c1-11-6-8-25(10-11)19(26)16-13-5-4-12(9-15(13)27-24-16)21-18-17-14(22-23-18)3-2-7-20-17;19-9-6-11(7-9)22-18(26)15-12-4-3-10(8-14(12)27-25-15)21-17-16-13(23-24-17)2-1-5-20-16;25-18(21-10-3-1-4-10)15-12-7-6-11(9-14(12)26-24-15)20-17-16-13(22-23-17)5-2-8-19-16;16-15(17,18)11-7-23-12-6-8(3-4-9(11)12)20-14-10-2-1-5-19-13(10)21-22-14/h2-5,7,9,11H,6,8,10H2,1H3,(H2,21,22,23);1-5,8-9,11H,6-7H2,(H,22,26)(H2,21,23,24);2,5-10H,1,3-4H2,(H,21,25)(H2,20,22,23);1-7H,(H2,19,20,21,22)/t11-;;;/m1.../s1. The highest BCUT2D eigenvalue weighted by molar-refractivity contribution is 6.07. The molecule has 3 aliphatic rings. The van der Waals surface area contributed by atoms with E-state index in [-0.39, 0.29) is 46.5 Å². The van der Waals surface area contributed by atoms with Crippen LogP contribution in [0.5, 0.6) is 0 Å². The number of anilines is 8. The van der Waals surface area contributed by atoms with Gasteiger partial charge in [0.05, 0.1) is 38.1 Å². The zero-order valence-corrected chi connectivity index (χ0v) is 54.1. The van der Waals surface area contributed by atoms with E-state index in [1.54, 1.807) is 61.2 Å². The Labute approximate surface area is 576 Å². The molecule has 1 atom stereocenters. The van der Waals surface area contributed by atoms with Crippen molar-refractivity contribution in [1.82, 2.24) is 91.7 Å². The summed E-state index contributed by atoms with van der Waals surface area (Å²) in [5.41, 5.74) is 10.0. The van der Waals surface area contributed by atoms with E-state index in [2.05, 4.69) is 115 Å². The Kier molecular flexibility index (Phi) is 16.9. The number of carbonyl (C=O) groups excluding carboxylic acids is 3. The first kappa shape index (κ1) is 64.3. The number of fused-ring (bicyclic) bond motifs is 8. The predicted octanol–water partition coefficient (Wildman–Crippen LogP) is 14.0. The number of nitrogens with one attached hydrogen (secondary N) is 10. The molecule has 0 spiro atoms. The highest BCUT2D eigenvalue weighted by atomic mass is 19.4. The minimum atomic E-state index is -4.44. The number of nitrogens with zero attached hydrogens (tertiary/aromatic N) is 12. The fourth-order valence-corrected chi connectivity index (χ4v) is 12.2. The zero-order valence-electron chi connectivity index (χ0n) is 54.1. The number of likely N-dealkylation sites (tertiary alicyclic amines) is 1. The van der Waals surface area contributed by atoms with Crippen molar-refractivity contribution in [1.29, 1.82) is 0 Å². The molecule has 0 bridgehead atoms. The van der Waals surface area contributed by atoms with Crippen molar-refractivity contribution < 1.29 is 49.9 Å². The molecule has 16 aromatic rings. The summed E-state index contributed by atoms with van der Waals surface area (Å²) in [4.78, 5) is 56.3. The van der Waals surface area contributed by atoms with Gasteiger partial charge in [0.2, 0.25) is 0 Å². The summed E-state index contributed by atoms with van der Waals surface area (Å²) < 4.78 is 72.5. The van der Waals surface area contributed by atoms with E-state index in [1.165, 1.54) is 12.1 Å². The highest BCUT2D eigenvalue weighted by Gasteiger charge is 2.35. The molecule has 2 saturated carbocycles.